The number of carbonyl (C=O) groups excluding carboxylic acids is 1. The monoisotopic (exact) mass is 608 g/mol. The van der Waals surface area contributed by atoms with Crippen molar-refractivity contribution in [1.29, 1.82) is 0 Å². The molecule has 1 unspecified atom stereocenters. The van der Waals surface area contributed by atoms with Crippen molar-refractivity contribution in [3.05, 3.63) is 48.7 Å². The molecule has 6 rings (SSSR count). The van der Waals surface area contributed by atoms with Crippen molar-refractivity contribution in [3.63, 3.8) is 0 Å². The molecule has 43 heavy (non-hydrogen) atoms. The third kappa shape index (κ3) is 8.09. The van der Waals surface area contributed by atoms with Crippen LogP contribution in [0.5, 0.6) is 5.88 Å². The Morgan fingerprint density at radius 2 is 1.86 bits per heavy atom. The van der Waals surface area contributed by atoms with E-state index in [9.17, 15) is 9.00 Å². The van der Waals surface area contributed by atoms with Crippen molar-refractivity contribution in [3.8, 4) is 17.1 Å². The lowest BCUT2D eigenvalue weighted by Crippen LogP contribution is -2.47. The molecule has 12 nitrogen and oxygen atoms in total. The fourth-order valence-corrected chi connectivity index (χ4v) is 6.41. The van der Waals surface area contributed by atoms with Crippen LogP contribution in [0.2, 0.25) is 0 Å². The Labute approximate surface area is 255 Å². The number of hydrogen-bond acceptors (Lipinski definition) is 11. The van der Waals surface area contributed by atoms with Gasteiger partial charge < -0.3 is 19.6 Å². The first-order valence-electron chi connectivity index (χ1n) is 14.9. The van der Waals surface area contributed by atoms with Crippen molar-refractivity contribution < 1.29 is 18.5 Å². The average Bonchev–Trinajstić information content (AvgIpc) is 3.92. The number of ether oxygens (including phenoxy) is 2. The van der Waals surface area contributed by atoms with Crippen LogP contribution >= 0.6 is 0 Å². The molecule has 1 aliphatic heterocycles. The van der Waals surface area contributed by atoms with E-state index in [1.165, 1.54) is 0 Å². The summed E-state index contributed by atoms with van der Waals surface area (Å²) >= 11 is 0. The van der Waals surface area contributed by atoms with Gasteiger partial charge in [0.1, 0.15) is 23.1 Å². The van der Waals surface area contributed by atoms with Crippen molar-refractivity contribution >= 4 is 29.0 Å². The molecule has 2 saturated carbocycles. The molecule has 230 valence electrons. The number of morpholine rings is 1. The highest BCUT2D eigenvalue weighted by Crippen LogP contribution is 2.39. The minimum atomic E-state index is -1.13. The summed E-state index contributed by atoms with van der Waals surface area (Å²) in [6.07, 6.45) is 13.3. The molecule has 1 saturated heterocycles. The third-order valence-corrected chi connectivity index (χ3v) is 9.50. The van der Waals surface area contributed by atoms with E-state index in [2.05, 4.69) is 39.9 Å². The Hall–Kier alpha value is -3.55. The van der Waals surface area contributed by atoms with Gasteiger partial charge in [-0.15, -0.1) is 0 Å². The van der Waals surface area contributed by atoms with E-state index in [-0.39, 0.29) is 5.25 Å². The van der Waals surface area contributed by atoms with E-state index >= 15 is 0 Å². The van der Waals surface area contributed by atoms with Crippen LogP contribution in [0.4, 0.5) is 11.8 Å². The number of nitrogens with one attached hydrogen (secondary N) is 2. The van der Waals surface area contributed by atoms with Crippen LogP contribution in [-0.4, -0.2) is 91.6 Å². The normalized spacial score (nSPS) is 22.9. The van der Waals surface area contributed by atoms with Gasteiger partial charge in [0, 0.05) is 44.1 Å². The summed E-state index contributed by atoms with van der Waals surface area (Å²) in [6.45, 7) is 6.05. The molecule has 4 heterocycles. The van der Waals surface area contributed by atoms with Gasteiger partial charge in [-0.1, -0.05) is 0 Å². The van der Waals surface area contributed by atoms with Crippen LogP contribution < -0.4 is 14.8 Å². The molecule has 0 spiro atoms. The predicted molar refractivity (Wildman–Crippen MR) is 165 cm³/mol. The number of anilines is 2. The molecule has 2 N–H and O–H groups in total. The third-order valence-electron chi connectivity index (χ3n) is 8.04. The van der Waals surface area contributed by atoms with Crippen molar-refractivity contribution in [1.82, 2.24) is 29.8 Å². The minimum absolute atomic E-state index is 0.214. The topological polar surface area (TPSA) is 144 Å². The van der Waals surface area contributed by atoms with Crippen LogP contribution in [0, 0.1) is 0 Å². The summed E-state index contributed by atoms with van der Waals surface area (Å²) in [4.78, 5) is 35.9. The molecule has 3 fully saturated rings. The van der Waals surface area contributed by atoms with Crippen molar-refractivity contribution in [2.24, 2.45) is 0 Å². The Morgan fingerprint density at radius 1 is 1.07 bits per heavy atom. The second-order valence-corrected chi connectivity index (χ2v) is 12.3. The van der Waals surface area contributed by atoms with Gasteiger partial charge in [-0.2, -0.15) is 0 Å². The SMILES string of the molecule is CCOc1cncc(-c2ccc(NC)nc2)n1.O=CC1(c2ccnc(NS(=O)C3CC3)n2)CCC(N2CCOCC2)CC1. The van der Waals surface area contributed by atoms with E-state index in [4.69, 9.17) is 9.47 Å². The largest absolute Gasteiger partial charge is 0.477 e. The number of aldehydes is 1. The maximum absolute atomic E-state index is 12.1. The molecule has 3 aromatic rings. The fourth-order valence-electron chi connectivity index (χ4n) is 5.40. The van der Waals surface area contributed by atoms with E-state index in [1.807, 2.05) is 32.2 Å². The molecule has 0 radical (unpaired) electrons. The number of rotatable bonds is 10. The average molecular weight is 609 g/mol. The number of carbonyl (C=O) groups is 1. The second kappa shape index (κ2) is 14.8. The van der Waals surface area contributed by atoms with Crippen LogP contribution in [0.1, 0.15) is 51.1 Å². The quantitative estimate of drug-likeness (QED) is 0.327. The van der Waals surface area contributed by atoms with Gasteiger partial charge in [0.05, 0.1) is 54.3 Å². The molecule has 0 aromatic carbocycles. The van der Waals surface area contributed by atoms with Gasteiger partial charge in [0.25, 0.3) is 0 Å². The van der Waals surface area contributed by atoms with Crippen LogP contribution in [0.25, 0.3) is 11.3 Å². The molecule has 3 aromatic heterocycles. The molecular formula is C30H40N8O4S. The fraction of sp³-hybridized carbons (Fsp3) is 0.533. The van der Waals surface area contributed by atoms with Gasteiger partial charge in [0.2, 0.25) is 11.8 Å². The molecule has 0 bridgehead atoms. The lowest BCUT2D eigenvalue weighted by atomic mass is 9.71. The summed E-state index contributed by atoms with van der Waals surface area (Å²) < 4.78 is 25.7. The first kappa shape index (κ1) is 30.9. The highest BCUT2D eigenvalue weighted by molar-refractivity contribution is 7.87. The number of hydrogen-bond donors (Lipinski definition) is 2. The lowest BCUT2D eigenvalue weighted by molar-refractivity contribution is -0.114. The van der Waals surface area contributed by atoms with Gasteiger partial charge >= 0.3 is 0 Å². The number of aromatic nitrogens is 5. The molecule has 2 aliphatic carbocycles. The predicted octanol–water partition coefficient (Wildman–Crippen LogP) is 3.41. The Balaban J connectivity index is 0.000000188. The molecule has 13 heteroatoms. The van der Waals surface area contributed by atoms with E-state index < -0.39 is 16.4 Å². The Kier molecular flexibility index (Phi) is 10.6. The van der Waals surface area contributed by atoms with E-state index in [0.29, 0.717) is 24.5 Å². The van der Waals surface area contributed by atoms with Gasteiger partial charge in [-0.25, -0.2) is 24.1 Å². The van der Waals surface area contributed by atoms with Crippen molar-refractivity contribution in [2.45, 2.75) is 62.2 Å². The van der Waals surface area contributed by atoms with Gasteiger partial charge in [-0.3, -0.25) is 14.6 Å². The maximum atomic E-state index is 12.1. The number of pyridine rings is 1. The first-order chi connectivity index (χ1) is 21.0. The van der Waals surface area contributed by atoms with Crippen LogP contribution in [0.15, 0.2) is 43.0 Å². The summed E-state index contributed by atoms with van der Waals surface area (Å²) in [5.41, 5.74) is 1.87. The Morgan fingerprint density at radius 3 is 2.51 bits per heavy atom. The summed E-state index contributed by atoms with van der Waals surface area (Å²) in [5.74, 6) is 1.72. The smallest absolute Gasteiger partial charge is 0.234 e. The lowest BCUT2D eigenvalue weighted by Gasteiger charge is -2.41. The van der Waals surface area contributed by atoms with E-state index in [1.54, 1.807) is 24.8 Å². The van der Waals surface area contributed by atoms with Crippen LogP contribution in [-0.2, 0) is 25.9 Å². The molecular weight excluding hydrogens is 568 g/mol. The van der Waals surface area contributed by atoms with Crippen molar-refractivity contribution in [2.75, 3.05) is 50.0 Å². The zero-order chi connectivity index (χ0) is 30.1. The van der Waals surface area contributed by atoms with Crippen LogP contribution in [0.3, 0.4) is 0 Å². The zero-order valence-corrected chi connectivity index (χ0v) is 25.6. The zero-order valence-electron chi connectivity index (χ0n) is 24.8. The summed E-state index contributed by atoms with van der Waals surface area (Å²) in [5, 5.41) is 3.18. The molecule has 0 amide bonds. The second-order valence-electron chi connectivity index (χ2n) is 10.9. The highest BCUT2D eigenvalue weighted by Gasteiger charge is 2.40. The van der Waals surface area contributed by atoms with E-state index in [0.717, 1.165) is 93.9 Å². The standard InChI is InChI=1S/C18H26N4O3S.C12H14N4O/c23-13-18(6-3-14(4-7-18)22-9-11-25-12-10-22)16-5-8-19-17(20-16)21-26(24)15-1-2-15;1-3-17-12-8-14-7-10(16-12)9-4-5-11(13-2)15-6-9/h5,8,13-15H,1-4,6-7,9-12H2,(H,19,20,21);4-8H,3H2,1-2H3,(H,13,15). The highest BCUT2D eigenvalue weighted by atomic mass is 32.2. The maximum Gasteiger partial charge on any atom is 0.234 e. The Bertz CT molecular complexity index is 1360. The molecule has 3 aliphatic rings. The summed E-state index contributed by atoms with van der Waals surface area (Å²) in [6, 6.07) is 6.19. The van der Waals surface area contributed by atoms with Gasteiger partial charge in [0.15, 0.2) is 0 Å². The van der Waals surface area contributed by atoms with Gasteiger partial charge in [-0.05, 0) is 63.6 Å². The minimum Gasteiger partial charge on any atom is -0.477 e. The summed E-state index contributed by atoms with van der Waals surface area (Å²) in [7, 11) is 0.700. The molecule has 1 atom stereocenters. The number of nitrogens with zero attached hydrogens (tertiary/aromatic N) is 6. The first-order valence-corrected chi connectivity index (χ1v) is 16.1.